The molecular formula is C13H9Cl2N3O6S. The van der Waals surface area contributed by atoms with E-state index in [1.807, 2.05) is 0 Å². The first kappa shape index (κ1) is 18.9. The molecule has 0 bridgehead atoms. The molecule has 0 aliphatic heterocycles. The number of nitro benzene ring substituents is 2. The summed E-state index contributed by atoms with van der Waals surface area (Å²) < 4.78 is 26.9. The van der Waals surface area contributed by atoms with Crippen LogP contribution in [0.15, 0.2) is 35.2 Å². The topological polar surface area (TPSA) is 132 Å². The molecule has 0 amide bonds. The van der Waals surface area contributed by atoms with Gasteiger partial charge in [-0.05, 0) is 25.1 Å². The second-order valence-electron chi connectivity index (χ2n) is 4.84. The third-order valence-electron chi connectivity index (χ3n) is 3.19. The van der Waals surface area contributed by atoms with Crippen molar-refractivity contribution in [3.63, 3.8) is 0 Å². The smallest absolute Gasteiger partial charge is 0.279 e. The Hall–Kier alpha value is -2.43. The number of nitrogens with zero attached hydrogens (tertiary/aromatic N) is 2. The van der Waals surface area contributed by atoms with Crippen molar-refractivity contribution in [1.82, 2.24) is 0 Å². The van der Waals surface area contributed by atoms with Gasteiger partial charge in [-0.2, -0.15) is 0 Å². The summed E-state index contributed by atoms with van der Waals surface area (Å²) in [4.78, 5) is 19.9. The SMILES string of the molecule is Cc1c(Cl)cc(S(=O)(=O)Nc2ccc(Cl)c([N+](=O)[O-])c2)cc1[N+](=O)[O-]. The number of nitro groups is 2. The summed E-state index contributed by atoms with van der Waals surface area (Å²) in [5, 5.41) is 21.6. The molecule has 0 radical (unpaired) electrons. The van der Waals surface area contributed by atoms with E-state index in [9.17, 15) is 28.6 Å². The summed E-state index contributed by atoms with van der Waals surface area (Å²) in [6.07, 6.45) is 0. The summed E-state index contributed by atoms with van der Waals surface area (Å²) in [5.74, 6) is 0. The largest absolute Gasteiger partial charge is 0.289 e. The Morgan fingerprint density at radius 3 is 2.12 bits per heavy atom. The molecule has 0 heterocycles. The van der Waals surface area contributed by atoms with Crippen molar-refractivity contribution in [3.05, 3.63) is 66.2 Å². The van der Waals surface area contributed by atoms with Gasteiger partial charge in [0.1, 0.15) is 5.02 Å². The van der Waals surface area contributed by atoms with Gasteiger partial charge in [0, 0.05) is 17.7 Å². The number of rotatable bonds is 5. The average Bonchev–Trinajstić information content (AvgIpc) is 2.50. The van der Waals surface area contributed by atoms with Crippen LogP contribution >= 0.6 is 23.2 Å². The van der Waals surface area contributed by atoms with Gasteiger partial charge in [-0.1, -0.05) is 23.2 Å². The zero-order valence-corrected chi connectivity index (χ0v) is 14.7. The van der Waals surface area contributed by atoms with Crippen LogP contribution in [0.5, 0.6) is 0 Å². The fourth-order valence-electron chi connectivity index (χ4n) is 1.92. The van der Waals surface area contributed by atoms with Crippen LogP contribution in [0.4, 0.5) is 17.1 Å². The number of sulfonamides is 1. The first-order chi connectivity index (χ1) is 11.5. The number of anilines is 1. The van der Waals surface area contributed by atoms with Crippen molar-refractivity contribution in [1.29, 1.82) is 0 Å². The minimum absolute atomic E-state index is 0.100. The van der Waals surface area contributed by atoms with E-state index in [4.69, 9.17) is 23.2 Å². The normalized spacial score (nSPS) is 11.2. The lowest BCUT2D eigenvalue weighted by atomic mass is 10.2. The number of halogens is 2. The fourth-order valence-corrected chi connectivity index (χ4v) is 3.48. The molecule has 0 saturated carbocycles. The van der Waals surface area contributed by atoms with Crippen LogP contribution < -0.4 is 4.72 Å². The highest BCUT2D eigenvalue weighted by Crippen LogP contribution is 2.32. The van der Waals surface area contributed by atoms with Gasteiger partial charge in [-0.15, -0.1) is 0 Å². The zero-order valence-electron chi connectivity index (χ0n) is 12.4. The van der Waals surface area contributed by atoms with E-state index < -0.39 is 36.1 Å². The molecule has 1 N–H and O–H groups in total. The molecule has 2 aromatic carbocycles. The highest BCUT2D eigenvalue weighted by molar-refractivity contribution is 7.92. The van der Waals surface area contributed by atoms with Gasteiger partial charge in [0.25, 0.3) is 21.4 Å². The maximum absolute atomic E-state index is 12.4. The van der Waals surface area contributed by atoms with Crippen molar-refractivity contribution in [3.8, 4) is 0 Å². The predicted molar refractivity (Wildman–Crippen MR) is 91.8 cm³/mol. The van der Waals surface area contributed by atoms with Crippen LogP contribution in [-0.2, 0) is 10.0 Å². The molecule has 9 nitrogen and oxygen atoms in total. The summed E-state index contributed by atoms with van der Waals surface area (Å²) in [7, 11) is -4.27. The first-order valence-corrected chi connectivity index (χ1v) is 8.68. The Morgan fingerprint density at radius 1 is 0.960 bits per heavy atom. The van der Waals surface area contributed by atoms with Gasteiger partial charge in [0.05, 0.1) is 25.5 Å². The molecule has 0 aliphatic carbocycles. The minimum atomic E-state index is -4.27. The van der Waals surface area contributed by atoms with Gasteiger partial charge < -0.3 is 0 Å². The molecule has 12 heteroatoms. The van der Waals surface area contributed by atoms with E-state index in [-0.39, 0.29) is 21.3 Å². The first-order valence-electron chi connectivity index (χ1n) is 6.44. The van der Waals surface area contributed by atoms with E-state index in [0.29, 0.717) is 0 Å². The lowest BCUT2D eigenvalue weighted by Crippen LogP contribution is -2.13. The number of benzene rings is 2. The lowest BCUT2D eigenvalue weighted by molar-refractivity contribution is -0.385. The van der Waals surface area contributed by atoms with E-state index in [1.165, 1.54) is 13.0 Å². The molecule has 2 aromatic rings. The maximum Gasteiger partial charge on any atom is 0.289 e. The summed E-state index contributed by atoms with van der Waals surface area (Å²) in [5.41, 5.74) is -0.965. The van der Waals surface area contributed by atoms with Gasteiger partial charge in [0.15, 0.2) is 0 Å². The van der Waals surface area contributed by atoms with Crippen LogP contribution in [0.25, 0.3) is 0 Å². The summed E-state index contributed by atoms with van der Waals surface area (Å²) in [6, 6.07) is 5.22. The van der Waals surface area contributed by atoms with Crippen LogP contribution in [0.3, 0.4) is 0 Å². The van der Waals surface area contributed by atoms with Crippen LogP contribution in [0.1, 0.15) is 5.56 Å². The van der Waals surface area contributed by atoms with Crippen molar-refractivity contribution >= 4 is 50.3 Å². The number of hydrogen-bond acceptors (Lipinski definition) is 6. The molecule has 0 spiro atoms. The monoisotopic (exact) mass is 405 g/mol. The van der Waals surface area contributed by atoms with Gasteiger partial charge in [-0.3, -0.25) is 25.0 Å². The standard InChI is InChI=1S/C13H9Cl2N3O6S/c1-7-11(15)5-9(6-12(7)17(19)20)25(23,24)16-8-2-3-10(14)13(4-8)18(21)22/h2-6,16H,1H3. The van der Waals surface area contributed by atoms with Crippen LogP contribution in [0.2, 0.25) is 10.0 Å². The zero-order chi connectivity index (χ0) is 18.9. The molecule has 25 heavy (non-hydrogen) atoms. The van der Waals surface area contributed by atoms with E-state index in [1.54, 1.807) is 0 Å². The minimum Gasteiger partial charge on any atom is -0.279 e. The molecule has 0 aliphatic rings. The molecule has 0 unspecified atom stereocenters. The second-order valence-corrected chi connectivity index (χ2v) is 7.33. The van der Waals surface area contributed by atoms with E-state index >= 15 is 0 Å². The maximum atomic E-state index is 12.4. The molecule has 0 atom stereocenters. The molecule has 132 valence electrons. The van der Waals surface area contributed by atoms with Crippen molar-refractivity contribution in [2.75, 3.05) is 4.72 Å². The van der Waals surface area contributed by atoms with Gasteiger partial charge in [0.2, 0.25) is 0 Å². The number of hydrogen-bond donors (Lipinski definition) is 1. The highest BCUT2D eigenvalue weighted by Gasteiger charge is 2.23. The molecule has 0 fully saturated rings. The average molecular weight is 406 g/mol. The van der Waals surface area contributed by atoms with Crippen molar-refractivity contribution < 1.29 is 18.3 Å². The third kappa shape index (κ3) is 3.98. The third-order valence-corrected chi connectivity index (χ3v) is 5.27. The number of nitrogens with one attached hydrogen (secondary N) is 1. The van der Waals surface area contributed by atoms with Gasteiger partial charge >= 0.3 is 0 Å². The molecule has 0 saturated heterocycles. The van der Waals surface area contributed by atoms with E-state index in [2.05, 4.69) is 4.72 Å². The highest BCUT2D eigenvalue weighted by atomic mass is 35.5. The molecule has 0 aromatic heterocycles. The second kappa shape index (κ2) is 6.82. The Balaban J connectivity index is 2.49. The van der Waals surface area contributed by atoms with Crippen LogP contribution in [0, 0.1) is 27.2 Å². The lowest BCUT2D eigenvalue weighted by Gasteiger charge is -2.10. The Morgan fingerprint density at radius 2 is 1.56 bits per heavy atom. The van der Waals surface area contributed by atoms with Crippen molar-refractivity contribution in [2.24, 2.45) is 0 Å². The summed E-state index contributed by atoms with van der Waals surface area (Å²) in [6.45, 7) is 1.38. The molecule has 2 rings (SSSR count). The van der Waals surface area contributed by atoms with E-state index in [0.717, 1.165) is 24.3 Å². The Bertz CT molecular complexity index is 993. The Kier molecular flexibility index (Phi) is 5.16. The Labute approximate surface area is 151 Å². The van der Waals surface area contributed by atoms with Crippen LogP contribution in [-0.4, -0.2) is 18.3 Å². The predicted octanol–water partition coefficient (Wildman–Crippen LogP) is 3.92. The quantitative estimate of drug-likeness (QED) is 0.591. The molecular weight excluding hydrogens is 397 g/mol. The van der Waals surface area contributed by atoms with Gasteiger partial charge in [-0.25, -0.2) is 8.42 Å². The fraction of sp³-hybridized carbons (Fsp3) is 0.0769. The summed E-state index contributed by atoms with van der Waals surface area (Å²) >= 11 is 11.5. The van der Waals surface area contributed by atoms with Crippen molar-refractivity contribution in [2.45, 2.75) is 11.8 Å².